The molecule has 4 N–H and O–H groups in total. The summed E-state index contributed by atoms with van der Waals surface area (Å²) in [5, 5.41) is 0. The number of hydrogen-bond acceptors (Lipinski definition) is 3. The van der Waals surface area contributed by atoms with E-state index in [-0.39, 0.29) is 5.91 Å². The monoisotopic (exact) mass is 211 g/mol. The molecular weight excluding hydrogens is 190 g/mol. The lowest BCUT2D eigenvalue weighted by molar-refractivity contribution is -0.123. The van der Waals surface area contributed by atoms with Gasteiger partial charge in [-0.15, -0.1) is 0 Å². The van der Waals surface area contributed by atoms with Crippen LogP contribution in [0.15, 0.2) is 0 Å². The molecule has 0 radical (unpaired) electrons. The minimum atomic E-state index is -0.743. The van der Waals surface area contributed by atoms with Gasteiger partial charge in [0.1, 0.15) is 0 Å². The second kappa shape index (κ2) is 3.76. The van der Waals surface area contributed by atoms with Crippen LogP contribution in [0.1, 0.15) is 39.0 Å². The zero-order valence-electron chi connectivity index (χ0n) is 9.41. The molecule has 2 aliphatic rings. The van der Waals surface area contributed by atoms with E-state index in [2.05, 4.69) is 11.8 Å². The Balaban J connectivity index is 1.99. The number of hydrogen-bond donors (Lipinski definition) is 2. The molecule has 2 saturated carbocycles. The normalized spacial score (nSPS) is 36.1. The van der Waals surface area contributed by atoms with Crippen molar-refractivity contribution >= 4 is 5.91 Å². The summed E-state index contributed by atoms with van der Waals surface area (Å²) in [4.78, 5) is 13.7. The number of amides is 1. The van der Waals surface area contributed by atoms with Crippen LogP contribution in [-0.2, 0) is 4.79 Å². The highest BCUT2D eigenvalue weighted by Gasteiger charge is 2.45. The van der Waals surface area contributed by atoms with Crippen LogP contribution >= 0.6 is 0 Å². The largest absolute Gasteiger partial charge is 0.368 e. The van der Waals surface area contributed by atoms with Crippen LogP contribution in [0.3, 0.4) is 0 Å². The van der Waals surface area contributed by atoms with E-state index >= 15 is 0 Å². The van der Waals surface area contributed by atoms with E-state index in [4.69, 9.17) is 11.5 Å². The van der Waals surface area contributed by atoms with Crippen LogP contribution in [0.25, 0.3) is 0 Å². The third-order valence-electron chi connectivity index (χ3n) is 3.86. The molecule has 2 atom stereocenters. The van der Waals surface area contributed by atoms with Crippen molar-refractivity contribution in [1.29, 1.82) is 0 Å². The smallest absolute Gasteiger partial charge is 0.237 e. The van der Waals surface area contributed by atoms with E-state index < -0.39 is 5.54 Å². The molecule has 0 saturated heterocycles. The number of carbonyl (C=O) groups excluding carboxylic acids is 1. The van der Waals surface area contributed by atoms with Crippen LogP contribution < -0.4 is 11.5 Å². The minimum absolute atomic E-state index is 0.336. The van der Waals surface area contributed by atoms with E-state index in [0.29, 0.717) is 6.04 Å². The van der Waals surface area contributed by atoms with Crippen LogP contribution in [-0.4, -0.2) is 35.0 Å². The Hall–Kier alpha value is -0.610. The van der Waals surface area contributed by atoms with Crippen LogP contribution in [0, 0.1) is 0 Å². The van der Waals surface area contributed by atoms with Gasteiger partial charge in [-0.2, -0.15) is 0 Å². The minimum Gasteiger partial charge on any atom is -0.368 e. The van der Waals surface area contributed by atoms with Gasteiger partial charge in [0.05, 0.1) is 5.54 Å². The van der Waals surface area contributed by atoms with Gasteiger partial charge < -0.3 is 11.5 Å². The lowest BCUT2D eigenvalue weighted by Crippen LogP contribution is -2.51. The number of primary amides is 1. The molecule has 4 heteroatoms. The van der Waals surface area contributed by atoms with Gasteiger partial charge >= 0.3 is 0 Å². The summed E-state index contributed by atoms with van der Waals surface area (Å²) < 4.78 is 0. The Kier molecular flexibility index (Phi) is 2.73. The van der Waals surface area contributed by atoms with E-state index in [1.807, 2.05) is 0 Å². The number of carbonyl (C=O) groups is 1. The van der Waals surface area contributed by atoms with Crippen molar-refractivity contribution in [2.45, 2.75) is 56.7 Å². The van der Waals surface area contributed by atoms with Crippen molar-refractivity contribution in [3.63, 3.8) is 0 Å². The summed E-state index contributed by atoms with van der Waals surface area (Å²) in [6.07, 6.45) is 5.11. The molecule has 0 heterocycles. The molecule has 0 aromatic rings. The van der Waals surface area contributed by atoms with Crippen molar-refractivity contribution in [2.75, 3.05) is 6.54 Å². The molecule has 2 rings (SSSR count). The molecule has 4 nitrogen and oxygen atoms in total. The first-order valence-electron chi connectivity index (χ1n) is 5.91. The van der Waals surface area contributed by atoms with Crippen LogP contribution in [0.5, 0.6) is 0 Å². The first kappa shape index (κ1) is 10.9. The van der Waals surface area contributed by atoms with Gasteiger partial charge in [-0.3, -0.25) is 9.69 Å². The highest BCUT2D eigenvalue weighted by atomic mass is 16.1. The quantitative estimate of drug-likeness (QED) is 0.698. The van der Waals surface area contributed by atoms with Gasteiger partial charge in [0.15, 0.2) is 0 Å². The second-order valence-electron chi connectivity index (χ2n) is 4.98. The van der Waals surface area contributed by atoms with Crippen molar-refractivity contribution in [1.82, 2.24) is 4.90 Å². The summed E-state index contributed by atoms with van der Waals surface area (Å²) in [6.45, 7) is 3.24. The summed E-state index contributed by atoms with van der Waals surface area (Å²) in [6, 6.07) is 1.22. The van der Waals surface area contributed by atoms with Crippen molar-refractivity contribution in [3.05, 3.63) is 0 Å². The first-order valence-corrected chi connectivity index (χ1v) is 5.91. The number of nitrogens with two attached hydrogens (primary N) is 2. The summed E-state index contributed by atoms with van der Waals surface area (Å²) in [7, 11) is 0. The maximum absolute atomic E-state index is 11.2. The predicted molar refractivity (Wildman–Crippen MR) is 59.2 cm³/mol. The van der Waals surface area contributed by atoms with Crippen LogP contribution in [0.2, 0.25) is 0 Å². The van der Waals surface area contributed by atoms with E-state index in [9.17, 15) is 4.79 Å². The van der Waals surface area contributed by atoms with Gasteiger partial charge in [0.2, 0.25) is 5.91 Å². The van der Waals surface area contributed by atoms with Gasteiger partial charge in [-0.25, -0.2) is 0 Å². The third kappa shape index (κ3) is 2.01. The predicted octanol–water partition coefficient (Wildman–Crippen LogP) is 0.206. The molecule has 0 aromatic heterocycles. The fourth-order valence-electron chi connectivity index (χ4n) is 2.78. The van der Waals surface area contributed by atoms with Gasteiger partial charge in [0, 0.05) is 12.1 Å². The first-order chi connectivity index (χ1) is 7.07. The Labute approximate surface area is 91.0 Å². The second-order valence-corrected chi connectivity index (χ2v) is 4.98. The highest BCUT2D eigenvalue weighted by molar-refractivity contribution is 5.84. The Morgan fingerprint density at radius 1 is 1.40 bits per heavy atom. The average molecular weight is 211 g/mol. The number of rotatable bonds is 4. The summed E-state index contributed by atoms with van der Waals surface area (Å²) in [5.41, 5.74) is 10.6. The molecule has 86 valence electrons. The molecule has 2 unspecified atom stereocenters. The lowest BCUT2D eigenvalue weighted by atomic mass is 9.98. The molecule has 0 spiro atoms. The molecule has 1 amide bonds. The fraction of sp³-hybridized carbons (Fsp3) is 0.909. The Morgan fingerprint density at radius 3 is 2.47 bits per heavy atom. The highest BCUT2D eigenvalue weighted by Crippen LogP contribution is 2.37. The zero-order chi connectivity index (χ0) is 11.1. The van der Waals surface area contributed by atoms with E-state index in [1.54, 1.807) is 0 Å². The maximum atomic E-state index is 11.2. The average Bonchev–Trinajstić information content (AvgIpc) is 2.92. The van der Waals surface area contributed by atoms with Crippen molar-refractivity contribution < 1.29 is 4.79 Å². The van der Waals surface area contributed by atoms with Crippen LogP contribution in [0.4, 0.5) is 0 Å². The standard InChI is InChI=1S/C11H21N3O/c1-2-14(8-3-4-8)9-5-6-11(13,7-9)10(12)15/h8-9H,2-7,13H2,1H3,(H2,12,15). The SMILES string of the molecule is CCN(C1CC1)C1CCC(N)(C(N)=O)C1. The van der Waals surface area contributed by atoms with E-state index in [1.165, 1.54) is 12.8 Å². The zero-order valence-corrected chi connectivity index (χ0v) is 9.41. The molecule has 15 heavy (non-hydrogen) atoms. The Morgan fingerprint density at radius 2 is 2.07 bits per heavy atom. The van der Waals surface area contributed by atoms with E-state index in [0.717, 1.165) is 31.8 Å². The van der Waals surface area contributed by atoms with Gasteiger partial charge in [-0.05, 0) is 38.6 Å². The molecule has 0 aromatic carbocycles. The molecule has 2 fully saturated rings. The Bertz CT molecular complexity index is 265. The number of nitrogens with zero attached hydrogens (tertiary/aromatic N) is 1. The third-order valence-corrected chi connectivity index (χ3v) is 3.86. The molecule has 0 bridgehead atoms. The van der Waals surface area contributed by atoms with Crippen molar-refractivity contribution in [2.24, 2.45) is 11.5 Å². The molecule has 0 aliphatic heterocycles. The fourth-order valence-corrected chi connectivity index (χ4v) is 2.78. The summed E-state index contributed by atoms with van der Waals surface area (Å²) >= 11 is 0. The lowest BCUT2D eigenvalue weighted by Gasteiger charge is -2.28. The summed E-state index contributed by atoms with van der Waals surface area (Å²) in [5.74, 6) is -0.336. The molecule has 2 aliphatic carbocycles. The maximum Gasteiger partial charge on any atom is 0.237 e. The topological polar surface area (TPSA) is 72.3 Å². The molecular formula is C11H21N3O. The van der Waals surface area contributed by atoms with Gasteiger partial charge in [-0.1, -0.05) is 6.92 Å². The van der Waals surface area contributed by atoms with Crippen molar-refractivity contribution in [3.8, 4) is 0 Å². The van der Waals surface area contributed by atoms with Gasteiger partial charge in [0.25, 0.3) is 0 Å².